The maximum Gasteiger partial charge on any atom is 0.320 e. The minimum Gasteiger partial charge on any atom is -0.493 e. The van der Waals surface area contributed by atoms with E-state index in [1.807, 2.05) is 25.1 Å². The molecule has 0 spiro atoms. The molecule has 1 saturated heterocycles. The average Bonchev–Trinajstić information content (AvgIpc) is 2.57. The van der Waals surface area contributed by atoms with Gasteiger partial charge in [0.2, 0.25) is 0 Å². The maximum absolute atomic E-state index is 11.7. The highest BCUT2D eigenvalue weighted by Gasteiger charge is 2.30. The molecule has 0 N–H and O–H groups in total. The summed E-state index contributed by atoms with van der Waals surface area (Å²) in [5, 5.41) is 0. The summed E-state index contributed by atoms with van der Waals surface area (Å²) in [6.45, 7) is 12.7. The Balaban J connectivity index is 1.76. The van der Waals surface area contributed by atoms with Crippen LogP contribution in [0.5, 0.6) is 5.75 Å². The Morgan fingerprint density at radius 3 is 2.62 bits per heavy atom. The molecule has 1 heterocycles. The number of carbonyl (C=O) groups is 1. The Morgan fingerprint density at radius 1 is 1.27 bits per heavy atom. The van der Waals surface area contributed by atoms with Crippen molar-refractivity contribution in [3.05, 3.63) is 28.2 Å². The van der Waals surface area contributed by atoms with Gasteiger partial charge in [0.15, 0.2) is 0 Å². The van der Waals surface area contributed by atoms with Crippen LogP contribution in [-0.2, 0) is 9.53 Å². The predicted octanol–water partition coefficient (Wildman–Crippen LogP) is 3.48. The highest BCUT2D eigenvalue weighted by molar-refractivity contribution is 9.10. The number of benzene rings is 1. The number of halogens is 1. The number of hydrogen-bond donors (Lipinski definition) is 0. The van der Waals surface area contributed by atoms with Crippen LogP contribution in [0.3, 0.4) is 0 Å². The zero-order valence-electron chi connectivity index (χ0n) is 16.3. The van der Waals surface area contributed by atoms with Crippen LogP contribution < -0.4 is 4.74 Å². The second kappa shape index (κ2) is 10.3. The standard InChI is InChI=1S/C20H31BrN2O3/c1-5-25-20(24)14-22-12-15(2)23(16(3)13-22)10-7-11-26-19-9-6-8-18(21)17(19)4/h6,8-9,15-16H,5,7,10-14H2,1-4H3/t15-,16+. The molecule has 1 aromatic rings. The molecule has 5 nitrogen and oxygen atoms in total. The lowest BCUT2D eigenvalue weighted by Crippen LogP contribution is -2.57. The fourth-order valence-electron chi connectivity index (χ4n) is 3.60. The first-order valence-corrected chi connectivity index (χ1v) is 10.2. The van der Waals surface area contributed by atoms with Crippen molar-refractivity contribution in [3.63, 3.8) is 0 Å². The van der Waals surface area contributed by atoms with Crippen LogP contribution in [0.2, 0.25) is 0 Å². The highest BCUT2D eigenvalue weighted by Crippen LogP contribution is 2.25. The molecule has 6 heteroatoms. The van der Waals surface area contributed by atoms with Gasteiger partial charge in [-0.2, -0.15) is 0 Å². The van der Waals surface area contributed by atoms with E-state index in [0.717, 1.165) is 41.8 Å². The number of nitrogens with zero attached hydrogens (tertiary/aromatic N) is 2. The third-order valence-electron chi connectivity index (χ3n) is 4.87. The number of esters is 1. The van der Waals surface area contributed by atoms with Gasteiger partial charge in [-0.15, -0.1) is 0 Å². The largest absolute Gasteiger partial charge is 0.493 e. The fraction of sp³-hybridized carbons (Fsp3) is 0.650. The quantitative estimate of drug-likeness (QED) is 0.470. The predicted molar refractivity (Wildman–Crippen MR) is 108 cm³/mol. The third kappa shape index (κ3) is 5.96. The van der Waals surface area contributed by atoms with E-state index < -0.39 is 0 Å². The van der Waals surface area contributed by atoms with Crippen molar-refractivity contribution in [2.24, 2.45) is 0 Å². The van der Waals surface area contributed by atoms with Crippen LogP contribution in [0.1, 0.15) is 32.8 Å². The smallest absolute Gasteiger partial charge is 0.320 e. The van der Waals surface area contributed by atoms with Crippen LogP contribution in [0.15, 0.2) is 22.7 Å². The Labute approximate surface area is 165 Å². The van der Waals surface area contributed by atoms with Crippen LogP contribution in [-0.4, -0.2) is 67.2 Å². The minimum absolute atomic E-state index is 0.127. The SMILES string of the molecule is CCOC(=O)CN1C[C@@H](C)N(CCCOc2cccc(Br)c2C)[C@@H](C)C1. The lowest BCUT2D eigenvalue weighted by atomic mass is 10.1. The number of ether oxygens (including phenoxy) is 2. The van der Waals surface area contributed by atoms with Gasteiger partial charge in [-0.25, -0.2) is 0 Å². The summed E-state index contributed by atoms with van der Waals surface area (Å²) >= 11 is 3.54. The van der Waals surface area contributed by atoms with Gasteiger partial charge < -0.3 is 9.47 Å². The molecule has 26 heavy (non-hydrogen) atoms. The topological polar surface area (TPSA) is 42.0 Å². The van der Waals surface area contributed by atoms with Gasteiger partial charge in [0.1, 0.15) is 5.75 Å². The highest BCUT2D eigenvalue weighted by atomic mass is 79.9. The van der Waals surface area contributed by atoms with Crippen molar-refractivity contribution in [1.29, 1.82) is 0 Å². The number of carbonyl (C=O) groups excluding carboxylic acids is 1. The normalized spacial score (nSPS) is 21.6. The molecule has 1 fully saturated rings. The summed E-state index contributed by atoms with van der Waals surface area (Å²) in [6, 6.07) is 6.88. The number of rotatable bonds is 8. The lowest BCUT2D eigenvalue weighted by molar-refractivity contribution is -0.145. The molecular weight excluding hydrogens is 396 g/mol. The second-order valence-electron chi connectivity index (χ2n) is 7.00. The molecule has 0 unspecified atom stereocenters. The van der Waals surface area contributed by atoms with E-state index in [1.165, 1.54) is 0 Å². The summed E-state index contributed by atoms with van der Waals surface area (Å²) in [5.41, 5.74) is 1.14. The van der Waals surface area contributed by atoms with Crippen molar-refractivity contribution in [3.8, 4) is 5.75 Å². The average molecular weight is 427 g/mol. The summed E-state index contributed by atoms with van der Waals surface area (Å²) < 4.78 is 12.1. The molecular formula is C20H31BrN2O3. The molecule has 0 bridgehead atoms. The van der Waals surface area contributed by atoms with Crippen LogP contribution in [0, 0.1) is 6.92 Å². The monoisotopic (exact) mass is 426 g/mol. The van der Waals surface area contributed by atoms with Gasteiger partial charge >= 0.3 is 5.97 Å². The molecule has 0 saturated carbocycles. The van der Waals surface area contributed by atoms with Crippen LogP contribution >= 0.6 is 15.9 Å². The van der Waals surface area contributed by atoms with Gasteiger partial charge in [0, 0.05) is 41.8 Å². The zero-order valence-corrected chi connectivity index (χ0v) is 17.9. The molecule has 0 radical (unpaired) electrons. The molecule has 0 aliphatic carbocycles. The Bertz CT molecular complexity index is 584. The first-order valence-electron chi connectivity index (χ1n) is 9.44. The van der Waals surface area contributed by atoms with Gasteiger partial charge in [-0.3, -0.25) is 14.6 Å². The molecule has 2 atom stereocenters. The molecule has 1 aliphatic heterocycles. The van der Waals surface area contributed by atoms with Crippen molar-refractivity contribution < 1.29 is 14.3 Å². The molecule has 0 amide bonds. The first-order chi connectivity index (χ1) is 12.4. The Kier molecular flexibility index (Phi) is 8.38. The van der Waals surface area contributed by atoms with Gasteiger partial charge in [-0.1, -0.05) is 22.0 Å². The minimum atomic E-state index is -0.127. The van der Waals surface area contributed by atoms with E-state index in [1.54, 1.807) is 0 Å². The van der Waals surface area contributed by atoms with Crippen LogP contribution in [0.4, 0.5) is 0 Å². The summed E-state index contributed by atoms with van der Waals surface area (Å²) in [6.07, 6.45) is 0.985. The first kappa shape index (κ1) is 21.2. The Morgan fingerprint density at radius 2 is 1.96 bits per heavy atom. The fourth-order valence-corrected chi connectivity index (χ4v) is 3.95. The summed E-state index contributed by atoms with van der Waals surface area (Å²) in [5.74, 6) is 0.817. The van der Waals surface area contributed by atoms with E-state index in [9.17, 15) is 4.79 Å². The zero-order chi connectivity index (χ0) is 19.1. The molecule has 0 aromatic heterocycles. The van der Waals surface area contributed by atoms with E-state index in [-0.39, 0.29) is 5.97 Å². The van der Waals surface area contributed by atoms with Crippen molar-refractivity contribution in [2.75, 3.05) is 39.4 Å². The van der Waals surface area contributed by atoms with Crippen molar-refractivity contribution in [2.45, 2.75) is 46.2 Å². The molecule has 146 valence electrons. The van der Waals surface area contributed by atoms with Gasteiger partial charge in [0.25, 0.3) is 0 Å². The Hall–Kier alpha value is -1.11. The van der Waals surface area contributed by atoms with Crippen molar-refractivity contribution in [1.82, 2.24) is 9.80 Å². The lowest BCUT2D eigenvalue weighted by Gasteiger charge is -2.44. The van der Waals surface area contributed by atoms with E-state index in [4.69, 9.17) is 9.47 Å². The van der Waals surface area contributed by atoms with Crippen molar-refractivity contribution >= 4 is 21.9 Å². The van der Waals surface area contributed by atoms with E-state index >= 15 is 0 Å². The number of piperazine rings is 1. The van der Waals surface area contributed by atoms with Gasteiger partial charge in [0.05, 0.1) is 19.8 Å². The third-order valence-corrected chi connectivity index (χ3v) is 5.73. The van der Waals surface area contributed by atoms with E-state index in [2.05, 4.69) is 46.5 Å². The van der Waals surface area contributed by atoms with Crippen LogP contribution in [0.25, 0.3) is 0 Å². The van der Waals surface area contributed by atoms with E-state index in [0.29, 0.717) is 31.8 Å². The molecule has 1 aromatic carbocycles. The summed E-state index contributed by atoms with van der Waals surface area (Å²) in [7, 11) is 0. The summed E-state index contributed by atoms with van der Waals surface area (Å²) in [4.78, 5) is 16.4. The molecule has 2 rings (SSSR count). The van der Waals surface area contributed by atoms with Gasteiger partial charge in [-0.05, 0) is 46.2 Å². The molecule has 1 aliphatic rings. The number of hydrogen-bond acceptors (Lipinski definition) is 5. The maximum atomic E-state index is 11.7. The second-order valence-corrected chi connectivity index (χ2v) is 7.85.